The molecule has 0 saturated carbocycles. The van der Waals surface area contributed by atoms with Gasteiger partial charge < -0.3 is 19.4 Å². The van der Waals surface area contributed by atoms with Crippen LogP contribution in [0.25, 0.3) is 0 Å². The lowest BCUT2D eigenvalue weighted by atomic mass is 9.76. The molecule has 13 heteroatoms. The number of amides is 1. The summed E-state index contributed by atoms with van der Waals surface area (Å²) in [5.41, 5.74) is -3.85. The molecule has 1 heterocycles. The molecule has 8 nitrogen and oxygen atoms in total. The van der Waals surface area contributed by atoms with E-state index in [1.807, 2.05) is 0 Å². The number of ether oxygens (including phenoxy) is 1. The van der Waals surface area contributed by atoms with Gasteiger partial charge in [-0.15, -0.1) is 0 Å². The second-order valence-corrected chi connectivity index (χ2v) is 11.8. The van der Waals surface area contributed by atoms with Gasteiger partial charge in [0.25, 0.3) is 0 Å². The maximum atomic E-state index is 13.8. The summed E-state index contributed by atoms with van der Waals surface area (Å²) >= 11 is 0. The molecule has 1 aliphatic heterocycles. The van der Waals surface area contributed by atoms with Gasteiger partial charge in [-0.1, -0.05) is 6.07 Å². The van der Waals surface area contributed by atoms with Gasteiger partial charge in [0.2, 0.25) is 10.0 Å². The van der Waals surface area contributed by atoms with E-state index < -0.39 is 56.7 Å². The Morgan fingerprint density at radius 3 is 2.12 bits per heavy atom. The van der Waals surface area contributed by atoms with E-state index in [9.17, 15) is 26.4 Å². The number of hydrogen-bond acceptors (Lipinski definition) is 6. The maximum Gasteiger partial charge on any atom is 0.495 e. The molecule has 0 unspecified atom stereocenters. The normalized spacial score (nSPS) is 18.1. The Kier molecular flexibility index (Phi) is 8.08. The summed E-state index contributed by atoms with van der Waals surface area (Å²) in [5, 5.41) is 2.47. The molecule has 2 N–H and O–H groups in total. The van der Waals surface area contributed by atoms with Crippen molar-refractivity contribution in [3.63, 3.8) is 0 Å². The summed E-state index contributed by atoms with van der Waals surface area (Å²) in [7, 11) is -5.53. The van der Waals surface area contributed by atoms with Crippen LogP contribution in [0.15, 0.2) is 23.1 Å². The Morgan fingerprint density at radius 1 is 1.06 bits per heavy atom. The van der Waals surface area contributed by atoms with Crippen molar-refractivity contribution in [2.45, 2.75) is 82.8 Å². The molecular formula is C21H32BF3N2O6S. The Morgan fingerprint density at radius 2 is 1.62 bits per heavy atom. The molecule has 0 radical (unpaired) electrons. The first-order valence-electron chi connectivity index (χ1n) is 10.8. The molecule has 0 aliphatic carbocycles. The first kappa shape index (κ1) is 28.4. The van der Waals surface area contributed by atoms with Crippen LogP contribution < -0.4 is 15.5 Å². The number of carbonyl (C=O) groups is 1. The summed E-state index contributed by atoms with van der Waals surface area (Å²) in [5.74, 6) is 0. The van der Waals surface area contributed by atoms with E-state index in [2.05, 4.69) is 10.0 Å². The van der Waals surface area contributed by atoms with Crippen LogP contribution in [0.2, 0.25) is 0 Å². The van der Waals surface area contributed by atoms with Crippen molar-refractivity contribution in [1.29, 1.82) is 0 Å². The zero-order valence-electron chi connectivity index (χ0n) is 20.4. The van der Waals surface area contributed by atoms with Crippen LogP contribution in [-0.2, 0) is 30.2 Å². The second kappa shape index (κ2) is 9.67. The molecule has 1 aromatic carbocycles. The number of benzene rings is 1. The average Bonchev–Trinajstić information content (AvgIpc) is 2.86. The first-order valence-corrected chi connectivity index (χ1v) is 12.3. The van der Waals surface area contributed by atoms with E-state index in [1.165, 1.54) is 0 Å². The summed E-state index contributed by atoms with van der Waals surface area (Å²) in [6.07, 6.45) is -5.28. The number of rotatable bonds is 7. The highest BCUT2D eigenvalue weighted by atomic mass is 32.2. The lowest BCUT2D eigenvalue weighted by molar-refractivity contribution is -0.137. The van der Waals surface area contributed by atoms with Gasteiger partial charge in [0, 0.05) is 13.1 Å². The smallest absolute Gasteiger partial charge is 0.444 e. The Balaban J connectivity index is 2.11. The molecule has 1 aromatic rings. The predicted octanol–water partition coefficient (Wildman–Crippen LogP) is 3.20. The van der Waals surface area contributed by atoms with E-state index in [0.29, 0.717) is 6.07 Å². The van der Waals surface area contributed by atoms with E-state index in [1.54, 1.807) is 48.5 Å². The van der Waals surface area contributed by atoms with Crippen molar-refractivity contribution in [2.24, 2.45) is 0 Å². The highest BCUT2D eigenvalue weighted by Crippen LogP contribution is 2.38. The number of nitrogens with one attached hydrogen (secondary N) is 2. The average molecular weight is 508 g/mol. The SMILES string of the molecule is CC(C)(C)OC(=O)NCCCNS(=O)(=O)c1ccc(B2OC(C)(C)C(C)(C)O2)c(C(F)(F)F)c1. The van der Waals surface area contributed by atoms with Crippen molar-refractivity contribution in [2.75, 3.05) is 13.1 Å². The fraction of sp³-hybridized carbons (Fsp3) is 0.667. The number of hydrogen-bond donors (Lipinski definition) is 2. The summed E-state index contributed by atoms with van der Waals surface area (Å²) in [6, 6.07) is 2.71. The number of sulfonamides is 1. The van der Waals surface area contributed by atoms with Gasteiger partial charge in [-0.25, -0.2) is 17.9 Å². The van der Waals surface area contributed by atoms with Gasteiger partial charge in [0.1, 0.15) is 5.60 Å². The molecule has 1 aliphatic rings. The monoisotopic (exact) mass is 508 g/mol. The first-order chi connectivity index (χ1) is 15.3. The van der Waals surface area contributed by atoms with Gasteiger partial charge >= 0.3 is 19.4 Å². The zero-order valence-corrected chi connectivity index (χ0v) is 21.2. The summed E-state index contributed by atoms with van der Waals surface area (Å²) in [4.78, 5) is 11.1. The Labute approximate surface area is 199 Å². The lowest BCUT2D eigenvalue weighted by Crippen LogP contribution is -2.41. The molecule has 192 valence electrons. The Bertz CT molecular complexity index is 991. The largest absolute Gasteiger partial charge is 0.495 e. The maximum absolute atomic E-state index is 13.8. The number of halogens is 3. The van der Waals surface area contributed by atoms with Crippen LogP contribution in [0.3, 0.4) is 0 Å². The number of alkyl carbamates (subject to hydrolysis) is 1. The van der Waals surface area contributed by atoms with E-state index in [4.69, 9.17) is 14.0 Å². The molecule has 0 bridgehead atoms. The van der Waals surface area contributed by atoms with E-state index >= 15 is 0 Å². The van der Waals surface area contributed by atoms with Crippen molar-refractivity contribution in [3.8, 4) is 0 Å². The third-order valence-electron chi connectivity index (χ3n) is 5.46. The molecule has 1 saturated heterocycles. The fourth-order valence-electron chi connectivity index (χ4n) is 3.01. The second-order valence-electron chi connectivity index (χ2n) is 10.0. The molecule has 0 spiro atoms. The molecular weight excluding hydrogens is 476 g/mol. The van der Waals surface area contributed by atoms with Gasteiger partial charge in [-0.3, -0.25) is 0 Å². The van der Waals surface area contributed by atoms with Gasteiger partial charge in [0.15, 0.2) is 0 Å². The number of alkyl halides is 3. The molecule has 0 atom stereocenters. The molecule has 0 aromatic heterocycles. The third-order valence-corrected chi connectivity index (χ3v) is 6.92. The van der Waals surface area contributed by atoms with Crippen LogP contribution in [0.5, 0.6) is 0 Å². The molecule has 1 fully saturated rings. The van der Waals surface area contributed by atoms with Crippen molar-refractivity contribution < 1.29 is 40.4 Å². The highest BCUT2D eigenvalue weighted by molar-refractivity contribution is 7.89. The van der Waals surface area contributed by atoms with Crippen LogP contribution in [-0.4, -0.2) is 51.5 Å². The van der Waals surface area contributed by atoms with Crippen LogP contribution >= 0.6 is 0 Å². The van der Waals surface area contributed by atoms with Crippen molar-refractivity contribution in [1.82, 2.24) is 10.0 Å². The molecule has 1 amide bonds. The van der Waals surface area contributed by atoms with Crippen LogP contribution in [0, 0.1) is 0 Å². The zero-order chi connectivity index (χ0) is 26.2. The van der Waals surface area contributed by atoms with Crippen molar-refractivity contribution in [3.05, 3.63) is 23.8 Å². The summed E-state index contributed by atoms with van der Waals surface area (Å²) < 4.78 is 85.4. The lowest BCUT2D eigenvalue weighted by Gasteiger charge is -2.32. The minimum Gasteiger partial charge on any atom is -0.444 e. The van der Waals surface area contributed by atoms with Crippen LogP contribution in [0.1, 0.15) is 60.5 Å². The Hall–Kier alpha value is -1.83. The van der Waals surface area contributed by atoms with Gasteiger partial charge in [-0.05, 0) is 72.5 Å². The van der Waals surface area contributed by atoms with Gasteiger partial charge in [0.05, 0.1) is 21.7 Å². The fourth-order valence-corrected chi connectivity index (χ4v) is 4.11. The van der Waals surface area contributed by atoms with Gasteiger partial charge in [-0.2, -0.15) is 13.2 Å². The quantitative estimate of drug-likeness (QED) is 0.433. The van der Waals surface area contributed by atoms with E-state index in [-0.39, 0.29) is 25.0 Å². The van der Waals surface area contributed by atoms with Crippen LogP contribution in [0.4, 0.5) is 18.0 Å². The molecule has 2 rings (SSSR count). The minimum atomic E-state index is -4.83. The molecule has 34 heavy (non-hydrogen) atoms. The predicted molar refractivity (Wildman–Crippen MR) is 121 cm³/mol. The third kappa shape index (κ3) is 7.09. The van der Waals surface area contributed by atoms with E-state index in [0.717, 1.165) is 12.1 Å². The highest BCUT2D eigenvalue weighted by Gasteiger charge is 2.53. The standard InChI is InChI=1S/C21H32BF3N2O6S/c1-18(2,3)31-17(28)26-11-8-12-27-34(29,30)14-9-10-16(15(13-14)21(23,24)25)22-32-19(4,5)20(6,7)33-22/h9-10,13,27H,8,11-12H2,1-7H3,(H,26,28). The number of carbonyl (C=O) groups excluding carboxylic acids is 1. The minimum absolute atomic E-state index is 0.0988. The summed E-state index contributed by atoms with van der Waals surface area (Å²) in [6.45, 7) is 12.0. The van der Waals surface area contributed by atoms with Crippen molar-refractivity contribution >= 4 is 28.7 Å². The topological polar surface area (TPSA) is 103 Å².